The Bertz CT molecular complexity index is 717. The van der Waals surface area contributed by atoms with Gasteiger partial charge in [0.25, 0.3) is 0 Å². The average Bonchev–Trinajstić information content (AvgIpc) is 2.48. The number of methoxy groups -OCH3 is 1. The molecule has 0 bridgehead atoms. The molecule has 1 aromatic carbocycles. The number of nitrogens with zero attached hydrogens (tertiary/aromatic N) is 2. The van der Waals surface area contributed by atoms with Crippen LogP contribution < -0.4 is 9.47 Å². The van der Waals surface area contributed by atoms with E-state index in [2.05, 4.69) is 36.8 Å². The summed E-state index contributed by atoms with van der Waals surface area (Å²) < 4.78 is 11.6. The molecule has 7 heteroatoms. The summed E-state index contributed by atoms with van der Waals surface area (Å²) in [5.74, 6) is 1.44. The Morgan fingerprint density at radius 3 is 2.76 bits per heavy atom. The summed E-state index contributed by atoms with van der Waals surface area (Å²) in [6, 6.07) is 6.86. The van der Waals surface area contributed by atoms with Crippen molar-refractivity contribution in [1.29, 1.82) is 5.26 Å². The molecule has 21 heavy (non-hydrogen) atoms. The molecule has 0 spiro atoms. The Hall–Kier alpha value is -1.29. The van der Waals surface area contributed by atoms with Gasteiger partial charge < -0.3 is 9.47 Å². The molecule has 2 rings (SSSR count). The molecule has 0 aliphatic rings. The van der Waals surface area contributed by atoms with Crippen molar-refractivity contribution in [2.45, 2.75) is 5.33 Å². The first-order valence-electron chi connectivity index (χ1n) is 5.75. The van der Waals surface area contributed by atoms with Crippen LogP contribution in [0.2, 0.25) is 5.02 Å². The summed E-state index contributed by atoms with van der Waals surface area (Å²) in [4.78, 5) is 4.16. The van der Waals surface area contributed by atoms with Gasteiger partial charge in [-0.05, 0) is 34.1 Å². The molecule has 0 radical (unpaired) electrons. The van der Waals surface area contributed by atoms with Crippen LogP contribution in [0.15, 0.2) is 28.9 Å². The quantitative estimate of drug-likeness (QED) is 0.634. The number of pyridine rings is 1. The van der Waals surface area contributed by atoms with Crippen LogP contribution >= 0.6 is 43.5 Å². The highest BCUT2D eigenvalue weighted by Gasteiger charge is 2.15. The molecule has 0 fully saturated rings. The van der Waals surface area contributed by atoms with Crippen molar-refractivity contribution >= 4 is 43.5 Å². The summed E-state index contributed by atoms with van der Waals surface area (Å²) in [5, 5.41) is 9.97. The van der Waals surface area contributed by atoms with Gasteiger partial charge in [-0.1, -0.05) is 27.5 Å². The smallest absolute Gasteiger partial charge is 0.231 e. The van der Waals surface area contributed by atoms with Crippen LogP contribution in [0.3, 0.4) is 0 Å². The summed E-state index contributed by atoms with van der Waals surface area (Å²) in [6.07, 6.45) is 1.66. The lowest BCUT2D eigenvalue weighted by molar-refractivity contribution is 0.387. The summed E-state index contributed by atoms with van der Waals surface area (Å²) in [5.41, 5.74) is 1.26. The predicted octanol–water partition coefficient (Wildman–Crippen LogP) is 5.06. The second-order valence-corrected chi connectivity index (χ2v) is 5.75. The number of rotatable bonds is 4. The van der Waals surface area contributed by atoms with Gasteiger partial charge in [0.05, 0.1) is 18.7 Å². The minimum atomic E-state index is 0.414. The van der Waals surface area contributed by atoms with Crippen molar-refractivity contribution in [3.63, 3.8) is 0 Å². The Morgan fingerprint density at radius 2 is 2.14 bits per heavy atom. The van der Waals surface area contributed by atoms with Gasteiger partial charge in [-0.25, -0.2) is 4.98 Å². The maximum atomic E-state index is 8.98. The zero-order valence-corrected chi connectivity index (χ0v) is 14.8. The molecule has 0 aliphatic carbocycles. The monoisotopic (exact) mass is 430 g/mol. The molecule has 0 N–H and O–H groups in total. The van der Waals surface area contributed by atoms with Crippen molar-refractivity contribution in [1.82, 2.24) is 4.98 Å². The summed E-state index contributed by atoms with van der Waals surface area (Å²) >= 11 is 12.8. The summed E-state index contributed by atoms with van der Waals surface area (Å²) in [7, 11) is 1.53. The van der Waals surface area contributed by atoms with Gasteiger partial charge in [-0.15, -0.1) is 0 Å². The van der Waals surface area contributed by atoms with E-state index in [1.165, 1.54) is 7.11 Å². The van der Waals surface area contributed by atoms with Crippen molar-refractivity contribution in [3.05, 3.63) is 45.0 Å². The number of alkyl halides is 1. The number of halogens is 3. The minimum Gasteiger partial charge on any atom is -0.480 e. The lowest BCUT2D eigenvalue weighted by atomic mass is 10.2. The van der Waals surface area contributed by atoms with Gasteiger partial charge in [0.15, 0.2) is 5.75 Å². The second-order valence-electron chi connectivity index (χ2n) is 3.96. The van der Waals surface area contributed by atoms with Gasteiger partial charge in [-0.2, -0.15) is 5.26 Å². The molecule has 0 amide bonds. The molecule has 1 aromatic heterocycles. The van der Waals surface area contributed by atoms with Crippen LogP contribution in [0, 0.1) is 11.3 Å². The fourth-order valence-corrected chi connectivity index (χ4v) is 2.87. The maximum absolute atomic E-state index is 8.98. The molecule has 2 aromatic rings. The third kappa shape index (κ3) is 3.67. The standard InChI is InChI=1S/C14H9Br2ClN2O2/c1-20-14-12(16)13(9(5-15)7-19-14)21-11-3-8(6-18)2-10(17)4-11/h2-4,7H,5H2,1H3. The lowest BCUT2D eigenvalue weighted by Crippen LogP contribution is -1.97. The molecule has 0 atom stereocenters. The van der Waals surface area contributed by atoms with E-state index in [1.54, 1.807) is 24.4 Å². The van der Waals surface area contributed by atoms with Crippen LogP contribution in [0.25, 0.3) is 0 Å². The third-order valence-corrected chi connectivity index (χ3v) is 4.10. The van der Waals surface area contributed by atoms with Crippen LogP contribution in [0.5, 0.6) is 17.4 Å². The average molecular weight is 432 g/mol. The number of ether oxygens (including phenoxy) is 2. The largest absolute Gasteiger partial charge is 0.480 e. The van der Waals surface area contributed by atoms with Gasteiger partial charge in [-0.3, -0.25) is 0 Å². The van der Waals surface area contributed by atoms with E-state index in [0.29, 0.717) is 37.8 Å². The highest BCUT2D eigenvalue weighted by Crippen LogP contribution is 2.39. The highest BCUT2D eigenvalue weighted by atomic mass is 79.9. The van der Waals surface area contributed by atoms with Crippen molar-refractivity contribution in [2.75, 3.05) is 7.11 Å². The first kappa shape index (κ1) is 16.1. The first-order chi connectivity index (χ1) is 10.1. The third-order valence-electron chi connectivity index (χ3n) is 2.57. The number of hydrogen-bond acceptors (Lipinski definition) is 4. The Labute approximate surface area is 143 Å². The highest BCUT2D eigenvalue weighted by molar-refractivity contribution is 9.10. The van der Waals surface area contributed by atoms with Crippen molar-refractivity contribution in [3.8, 4) is 23.4 Å². The van der Waals surface area contributed by atoms with Crippen molar-refractivity contribution < 1.29 is 9.47 Å². The van der Waals surface area contributed by atoms with Crippen LogP contribution in [0.1, 0.15) is 11.1 Å². The number of hydrogen-bond donors (Lipinski definition) is 0. The van der Waals surface area contributed by atoms with E-state index in [9.17, 15) is 0 Å². The molecular formula is C14H9Br2ClN2O2. The molecule has 0 saturated carbocycles. The van der Waals surface area contributed by atoms with Crippen LogP contribution in [-0.2, 0) is 5.33 Å². The number of nitriles is 1. The molecule has 0 unspecified atom stereocenters. The van der Waals surface area contributed by atoms with E-state index >= 15 is 0 Å². The molecule has 4 nitrogen and oxygen atoms in total. The minimum absolute atomic E-state index is 0.414. The van der Waals surface area contributed by atoms with Gasteiger partial charge >= 0.3 is 0 Å². The van der Waals surface area contributed by atoms with Gasteiger partial charge in [0, 0.05) is 22.1 Å². The fraction of sp³-hybridized carbons (Fsp3) is 0.143. The Balaban J connectivity index is 2.48. The molecule has 108 valence electrons. The topological polar surface area (TPSA) is 55.1 Å². The fourth-order valence-electron chi connectivity index (χ4n) is 1.64. The van der Waals surface area contributed by atoms with Gasteiger partial charge in [0.1, 0.15) is 10.2 Å². The summed E-state index contributed by atoms with van der Waals surface area (Å²) in [6.45, 7) is 0. The molecule has 0 aliphatic heterocycles. The zero-order valence-electron chi connectivity index (χ0n) is 10.9. The second kappa shape index (κ2) is 7.12. The Kier molecular flexibility index (Phi) is 5.45. The Morgan fingerprint density at radius 1 is 1.38 bits per heavy atom. The molecular weight excluding hydrogens is 423 g/mol. The van der Waals surface area contributed by atoms with Gasteiger partial charge in [0.2, 0.25) is 5.88 Å². The van der Waals surface area contributed by atoms with Crippen LogP contribution in [-0.4, -0.2) is 12.1 Å². The van der Waals surface area contributed by atoms with E-state index in [4.69, 9.17) is 26.3 Å². The number of benzene rings is 1. The lowest BCUT2D eigenvalue weighted by Gasteiger charge is -2.13. The molecule has 0 saturated heterocycles. The van der Waals surface area contributed by atoms with Crippen LogP contribution in [0.4, 0.5) is 0 Å². The predicted molar refractivity (Wildman–Crippen MR) is 87.4 cm³/mol. The zero-order chi connectivity index (χ0) is 15.4. The van der Waals surface area contributed by atoms with E-state index in [-0.39, 0.29) is 0 Å². The normalized spacial score (nSPS) is 10.0. The maximum Gasteiger partial charge on any atom is 0.231 e. The number of aromatic nitrogens is 1. The van der Waals surface area contributed by atoms with Crippen molar-refractivity contribution in [2.24, 2.45) is 0 Å². The van der Waals surface area contributed by atoms with E-state index in [1.807, 2.05) is 6.07 Å². The van der Waals surface area contributed by atoms with E-state index < -0.39 is 0 Å². The SMILES string of the molecule is COc1ncc(CBr)c(Oc2cc(Cl)cc(C#N)c2)c1Br. The van der Waals surface area contributed by atoms with E-state index in [0.717, 1.165) is 5.56 Å². The first-order valence-corrected chi connectivity index (χ1v) is 8.04. The molecule has 1 heterocycles.